The summed E-state index contributed by atoms with van der Waals surface area (Å²) in [4.78, 5) is 0. The van der Waals surface area contributed by atoms with Gasteiger partial charge in [0.1, 0.15) is 0 Å². The molecule has 0 bridgehead atoms. The van der Waals surface area contributed by atoms with E-state index in [2.05, 4.69) is 33.0 Å². The van der Waals surface area contributed by atoms with Crippen LogP contribution >= 0.6 is 0 Å². The van der Waals surface area contributed by atoms with Gasteiger partial charge >= 0.3 is 0 Å². The van der Waals surface area contributed by atoms with Gasteiger partial charge in [-0.3, -0.25) is 0 Å². The molecular formula is C16H33N. The minimum atomic E-state index is 0.780. The van der Waals surface area contributed by atoms with E-state index < -0.39 is 0 Å². The lowest BCUT2D eigenvalue weighted by molar-refractivity contribution is 0.184. The molecule has 0 aromatic heterocycles. The summed E-state index contributed by atoms with van der Waals surface area (Å²) >= 11 is 0. The average molecular weight is 239 g/mol. The van der Waals surface area contributed by atoms with Crippen LogP contribution in [0.2, 0.25) is 0 Å². The maximum atomic E-state index is 3.84. The Balaban J connectivity index is 2.48. The second kappa shape index (κ2) is 8.13. The lowest BCUT2D eigenvalue weighted by Gasteiger charge is -2.37. The highest BCUT2D eigenvalue weighted by Gasteiger charge is 2.28. The molecule has 102 valence electrons. The van der Waals surface area contributed by atoms with E-state index in [1.807, 2.05) is 0 Å². The monoisotopic (exact) mass is 239 g/mol. The molecule has 1 rings (SSSR count). The van der Waals surface area contributed by atoms with Crippen molar-refractivity contribution in [2.75, 3.05) is 6.54 Å². The van der Waals surface area contributed by atoms with E-state index in [4.69, 9.17) is 0 Å². The van der Waals surface area contributed by atoms with Gasteiger partial charge in [0.25, 0.3) is 0 Å². The van der Waals surface area contributed by atoms with Gasteiger partial charge in [-0.05, 0) is 50.0 Å². The SMILES string of the molecule is CCCNC(C(C)CCC)C1CCC(C)CC1. The first-order valence-electron chi connectivity index (χ1n) is 7.92. The van der Waals surface area contributed by atoms with Crippen molar-refractivity contribution < 1.29 is 0 Å². The normalized spacial score (nSPS) is 28.9. The fourth-order valence-electron chi connectivity index (χ4n) is 3.42. The quantitative estimate of drug-likeness (QED) is 0.683. The zero-order valence-corrected chi connectivity index (χ0v) is 12.5. The van der Waals surface area contributed by atoms with Crippen LogP contribution in [-0.4, -0.2) is 12.6 Å². The van der Waals surface area contributed by atoms with Crippen LogP contribution in [0.25, 0.3) is 0 Å². The van der Waals surface area contributed by atoms with Gasteiger partial charge in [0.2, 0.25) is 0 Å². The van der Waals surface area contributed by atoms with Gasteiger partial charge in [0.05, 0.1) is 0 Å². The van der Waals surface area contributed by atoms with Crippen LogP contribution in [0.1, 0.15) is 72.6 Å². The molecular weight excluding hydrogens is 206 g/mol. The summed E-state index contributed by atoms with van der Waals surface area (Å²) in [6, 6.07) is 0.780. The number of nitrogens with one attached hydrogen (secondary N) is 1. The average Bonchev–Trinajstić information content (AvgIpc) is 2.32. The summed E-state index contributed by atoms with van der Waals surface area (Å²) in [5, 5.41) is 3.84. The first-order valence-corrected chi connectivity index (χ1v) is 7.92. The topological polar surface area (TPSA) is 12.0 Å². The maximum absolute atomic E-state index is 3.84. The lowest BCUT2D eigenvalue weighted by atomic mass is 9.75. The van der Waals surface area contributed by atoms with Crippen molar-refractivity contribution in [3.63, 3.8) is 0 Å². The van der Waals surface area contributed by atoms with Crippen molar-refractivity contribution in [3.8, 4) is 0 Å². The third-order valence-corrected chi connectivity index (χ3v) is 4.56. The molecule has 1 fully saturated rings. The lowest BCUT2D eigenvalue weighted by Crippen LogP contribution is -2.43. The van der Waals surface area contributed by atoms with Crippen molar-refractivity contribution in [2.24, 2.45) is 17.8 Å². The third-order valence-electron chi connectivity index (χ3n) is 4.56. The second-order valence-corrected chi connectivity index (χ2v) is 6.27. The molecule has 17 heavy (non-hydrogen) atoms. The number of rotatable bonds is 7. The van der Waals surface area contributed by atoms with Gasteiger partial charge in [-0.15, -0.1) is 0 Å². The minimum absolute atomic E-state index is 0.780. The first-order chi connectivity index (χ1) is 8.19. The van der Waals surface area contributed by atoms with Crippen LogP contribution in [0.5, 0.6) is 0 Å². The van der Waals surface area contributed by atoms with Gasteiger partial charge in [0.15, 0.2) is 0 Å². The summed E-state index contributed by atoms with van der Waals surface area (Å²) in [7, 11) is 0. The highest BCUT2D eigenvalue weighted by atomic mass is 14.9. The van der Waals surface area contributed by atoms with Crippen molar-refractivity contribution in [1.29, 1.82) is 0 Å². The zero-order valence-electron chi connectivity index (χ0n) is 12.5. The summed E-state index contributed by atoms with van der Waals surface area (Å²) in [5.41, 5.74) is 0. The van der Waals surface area contributed by atoms with Crippen molar-refractivity contribution in [1.82, 2.24) is 5.32 Å². The van der Waals surface area contributed by atoms with Gasteiger partial charge in [0, 0.05) is 6.04 Å². The fourth-order valence-corrected chi connectivity index (χ4v) is 3.42. The minimum Gasteiger partial charge on any atom is -0.313 e. The summed E-state index contributed by atoms with van der Waals surface area (Å²) in [5.74, 6) is 2.77. The van der Waals surface area contributed by atoms with Crippen LogP contribution in [0, 0.1) is 17.8 Å². The van der Waals surface area contributed by atoms with E-state index in [0.29, 0.717) is 0 Å². The Morgan fingerprint density at radius 1 is 1.06 bits per heavy atom. The van der Waals surface area contributed by atoms with Crippen LogP contribution in [0.15, 0.2) is 0 Å². The Kier molecular flexibility index (Phi) is 7.18. The standard InChI is InChI=1S/C16H33N/c1-5-7-14(4)16(17-12-6-2)15-10-8-13(3)9-11-15/h13-17H,5-12H2,1-4H3. The van der Waals surface area contributed by atoms with E-state index >= 15 is 0 Å². The molecule has 1 aliphatic carbocycles. The van der Waals surface area contributed by atoms with Crippen LogP contribution in [0.3, 0.4) is 0 Å². The van der Waals surface area contributed by atoms with Crippen LogP contribution in [0.4, 0.5) is 0 Å². The van der Waals surface area contributed by atoms with E-state index in [9.17, 15) is 0 Å². The molecule has 2 unspecified atom stereocenters. The van der Waals surface area contributed by atoms with Gasteiger partial charge in [-0.1, -0.05) is 47.0 Å². The van der Waals surface area contributed by atoms with Crippen LogP contribution in [-0.2, 0) is 0 Å². The van der Waals surface area contributed by atoms with E-state index in [0.717, 1.165) is 23.8 Å². The van der Waals surface area contributed by atoms with Gasteiger partial charge < -0.3 is 5.32 Å². The largest absolute Gasteiger partial charge is 0.313 e. The Morgan fingerprint density at radius 3 is 2.24 bits per heavy atom. The molecule has 1 heteroatoms. The Labute approximate surface area is 109 Å². The predicted octanol–water partition coefficient (Wildman–Crippen LogP) is 4.62. The number of hydrogen-bond donors (Lipinski definition) is 1. The Bertz CT molecular complexity index is 182. The van der Waals surface area contributed by atoms with Crippen molar-refractivity contribution in [2.45, 2.75) is 78.7 Å². The predicted molar refractivity (Wildman–Crippen MR) is 77.3 cm³/mol. The zero-order chi connectivity index (χ0) is 12.7. The molecule has 0 aromatic carbocycles. The number of hydrogen-bond acceptors (Lipinski definition) is 1. The second-order valence-electron chi connectivity index (χ2n) is 6.27. The molecule has 0 saturated heterocycles. The fraction of sp³-hybridized carbons (Fsp3) is 1.00. The smallest absolute Gasteiger partial charge is 0.0121 e. The molecule has 2 atom stereocenters. The highest BCUT2D eigenvalue weighted by Crippen LogP contribution is 2.33. The third kappa shape index (κ3) is 4.99. The Hall–Kier alpha value is -0.0400. The molecule has 1 saturated carbocycles. The first kappa shape index (κ1) is 15.0. The molecule has 0 radical (unpaired) electrons. The van der Waals surface area contributed by atoms with Gasteiger partial charge in [-0.25, -0.2) is 0 Å². The van der Waals surface area contributed by atoms with Crippen molar-refractivity contribution >= 4 is 0 Å². The molecule has 1 N–H and O–H groups in total. The van der Waals surface area contributed by atoms with Crippen LogP contribution < -0.4 is 5.32 Å². The highest BCUT2D eigenvalue weighted by molar-refractivity contribution is 4.84. The Morgan fingerprint density at radius 2 is 1.71 bits per heavy atom. The molecule has 0 spiro atoms. The molecule has 0 aliphatic heterocycles. The molecule has 1 aliphatic rings. The van der Waals surface area contributed by atoms with Crippen molar-refractivity contribution in [3.05, 3.63) is 0 Å². The molecule has 0 heterocycles. The molecule has 0 amide bonds. The van der Waals surface area contributed by atoms with E-state index in [-0.39, 0.29) is 0 Å². The summed E-state index contributed by atoms with van der Waals surface area (Å²) < 4.78 is 0. The molecule has 1 nitrogen and oxygen atoms in total. The van der Waals surface area contributed by atoms with E-state index in [1.54, 1.807) is 0 Å². The maximum Gasteiger partial charge on any atom is 0.0121 e. The van der Waals surface area contributed by atoms with E-state index in [1.165, 1.54) is 51.5 Å². The molecule has 0 aromatic rings. The summed E-state index contributed by atoms with van der Waals surface area (Å²) in [6.07, 6.45) is 9.79. The van der Waals surface area contributed by atoms with Gasteiger partial charge in [-0.2, -0.15) is 0 Å². The summed E-state index contributed by atoms with van der Waals surface area (Å²) in [6.45, 7) is 10.7.